The van der Waals surface area contributed by atoms with Crippen molar-refractivity contribution >= 4 is 17.1 Å². The first kappa shape index (κ1) is 63.4. The van der Waals surface area contributed by atoms with Gasteiger partial charge in [-0.15, -0.1) is 5.10 Å². The van der Waals surface area contributed by atoms with Gasteiger partial charge in [0.05, 0.1) is 53.8 Å². The molecule has 1 aromatic heterocycles. The highest BCUT2D eigenvalue weighted by molar-refractivity contribution is 7.91. The van der Waals surface area contributed by atoms with Crippen molar-refractivity contribution in [3.05, 3.63) is 41.7 Å². The summed E-state index contributed by atoms with van der Waals surface area (Å²) >= 11 is -1.25. The second-order valence-corrected chi connectivity index (χ2v) is 24.3. The summed E-state index contributed by atoms with van der Waals surface area (Å²) in [4.78, 5) is 19.2. The average molecular weight is 1090 g/mol. The number of ether oxygens (including phenoxy) is 7. The van der Waals surface area contributed by atoms with Crippen molar-refractivity contribution in [3.63, 3.8) is 0 Å². The third-order valence-corrected chi connectivity index (χ3v) is 18.1. The number of benzene rings is 1. The molecule has 3 aliphatic rings. The lowest BCUT2D eigenvalue weighted by Gasteiger charge is -2.51. The van der Waals surface area contributed by atoms with E-state index < -0.39 is 138 Å². The van der Waals surface area contributed by atoms with Gasteiger partial charge in [-0.25, -0.2) is 9.07 Å². The first-order chi connectivity index (χ1) is 35.2. The molecule has 21 atom stereocenters. The number of aromatic nitrogens is 3. The normalized spacial score (nSPS) is 39.3. The van der Waals surface area contributed by atoms with Crippen molar-refractivity contribution in [2.75, 3.05) is 67.5 Å². The first-order valence-corrected chi connectivity index (χ1v) is 28.1. The topological polar surface area (TPSA) is 243 Å². The van der Waals surface area contributed by atoms with Gasteiger partial charge in [0, 0.05) is 71.5 Å². The van der Waals surface area contributed by atoms with Crippen LogP contribution < -0.4 is 0 Å². The maximum atomic E-state index is 14.9. The maximum absolute atomic E-state index is 14.9. The number of halogens is 1. The number of aliphatic hydroxyl groups is 5. The third-order valence-electron chi connectivity index (χ3n) is 16.8. The van der Waals surface area contributed by atoms with Gasteiger partial charge >= 0.3 is 5.97 Å². The predicted octanol–water partition coefficient (Wildman–Crippen LogP) is 4.03. The van der Waals surface area contributed by atoms with E-state index in [0.717, 1.165) is 0 Å². The summed E-state index contributed by atoms with van der Waals surface area (Å²) in [6, 6.07) is 5.13. The van der Waals surface area contributed by atoms with Crippen LogP contribution in [0.3, 0.4) is 0 Å². The monoisotopic (exact) mass is 1090 g/mol. The Balaban J connectivity index is 1.43. The minimum Gasteiger partial charge on any atom is -0.611 e. The molecule has 75 heavy (non-hydrogen) atoms. The van der Waals surface area contributed by atoms with Crippen LogP contribution in [-0.4, -0.2) is 212 Å². The van der Waals surface area contributed by atoms with Crippen molar-refractivity contribution in [2.45, 2.75) is 202 Å². The Morgan fingerprint density at radius 3 is 2.27 bits per heavy atom. The van der Waals surface area contributed by atoms with Crippen LogP contribution >= 0.6 is 0 Å². The quantitative estimate of drug-likeness (QED) is 0.105. The van der Waals surface area contributed by atoms with Crippen LogP contribution in [0.5, 0.6) is 0 Å². The van der Waals surface area contributed by atoms with E-state index in [4.69, 9.17) is 33.2 Å². The number of nitrogens with zero attached hydrogens (tertiary/aromatic N) is 5. The molecule has 2 aromatic rings. The van der Waals surface area contributed by atoms with Crippen molar-refractivity contribution in [3.8, 4) is 0 Å². The first-order valence-electron chi connectivity index (χ1n) is 26.8. The third kappa shape index (κ3) is 14.9. The summed E-state index contributed by atoms with van der Waals surface area (Å²) in [7, 11) is 8.29. The minimum absolute atomic E-state index is 0.165. The molecule has 19 nitrogen and oxygen atoms in total. The summed E-state index contributed by atoms with van der Waals surface area (Å²) in [6.07, 6.45) is -6.48. The Bertz CT molecular complexity index is 2060. The van der Waals surface area contributed by atoms with E-state index >= 15 is 0 Å². The van der Waals surface area contributed by atoms with Crippen LogP contribution in [-0.2, 0) is 55.5 Å². The largest absolute Gasteiger partial charge is 0.611 e. The molecular weight excluding hydrogens is 994 g/mol. The minimum atomic E-state index is -1.84. The molecule has 3 saturated heterocycles. The van der Waals surface area contributed by atoms with Crippen molar-refractivity contribution in [1.29, 1.82) is 0 Å². The summed E-state index contributed by atoms with van der Waals surface area (Å²) in [5.74, 6) is -2.94. The lowest BCUT2D eigenvalue weighted by molar-refractivity contribution is -0.302. The molecule has 1 aromatic carbocycles. The fourth-order valence-electron chi connectivity index (χ4n) is 12.1. The molecule has 4 heterocycles. The lowest BCUT2D eigenvalue weighted by Crippen LogP contribution is -2.62. The van der Waals surface area contributed by atoms with E-state index in [9.17, 15) is 39.3 Å². The highest BCUT2D eigenvalue weighted by Crippen LogP contribution is 2.45. The summed E-state index contributed by atoms with van der Waals surface area (Å²) < 4.78 is 72.0. The fourth-order valence-corrected chi connectivity index (χ4v) is 13.1. The number of esters is 1. The Kier molecular flexibility index (Phi) is 22.9. The number of carbonyl (C=O) groups excluding carboxylic acids is 1. The van der Waals surface area contributed by atoms with E-state index in [0.29, 0.717) is 54.4 Å². The van der Waals surface area contributed by atoms with Gasteiger partial charge in [-0.1, -0.05) is 45.0 Å². The van der Waals surface area contributed by atoms with Gasteiger partial charge in [-0.2, -0.15) is 0 Å². The van der Waals surface area contributed by atoms with E-state index in [1.165, 1.54) is 25.8 Å². The molecule has 430 valence electrons. The zero-order chi connectivity index (χ0) is 55.9. The average Bonchev–Trinajstić information content (AvgIpc) is 3.84. The highest BCUT2D eigenvalue weighted by Gasteiger charge is 2.55. The van der Waals surface area contributed by atoms with Crippen LogP contribution in [0.1, 0.15) is 118 Å². The molecule has 0 amide bonds. The number of carbonyl (C=O) groups is 1. The smallest absolute Gasteiger partial charge is 0.309 e. The van der Waals surface area contributed by atoms with Gasteiger partial charge < -0.3 is 73.0 Å². The molecule has 3 fully saturated rings. The fraction of sp³-hybridized carbons (Fsp3) is 0.833. The summed E-state index contributed by atoms with van der Waals surface area (Å²) in [5, 5.41) is 68.9. The Hall–Kier alpha value is -2.45. The van der Waals surface area contributed by atoms with Gasteiger partial charge in [0.15, 0.2) is 11.2 Å². The Morgan fingerprint density at radius 2 is 1.67 bits per heavy atom. The van der Waals surface area contributed by atoms with E-state index in [1.54, 1.807) is 79.1 Å². The van der Waals surface area contributed by atoms with Crippen LogP contribution in [0.2, 0.25) is 0 Å². The van der Waals surface area contributed by atoms with Crippen molar-refractivity contribution in [2.24, 2.45) is 23.7 Å². The Labute approximate surface area is 448 Å². The van der Waals surface area contributed by atoms with E-state index in [1.807, 2.05) is 44.7 Å². The van der Waals surface area contributed by atoms with Crippen molar-refractivity contribution in [1.82, 2.24) is 24.8 Å². The molecule has 3 aliphatic heterocycles. The number of aliphatic hydroxyl groups excluding tert-OH is 3. The molecule has 0 saturated carbocycles. The number of hydrogen-bond donors (Lipinski definition) is 5. The second kappa shape index (κ2) is 27.1. The summed E-state index contributed by atoms with van der Waals surface area (Å²) in [5.41, 5.74) is -3.26. The molecule has 0 radical (unpaired) electrons. The number of methoxy groups -OCH3 is 3. The van der Waals surface area contributed by atoms with Crippen molar-refractivity contribution < 1.29 is 72.4 Å². The molecule has 2 unspecified atom stereocenters. The molecule has 0 spiro atoms. The molecule has 5 rings (SSSR count). The van der Waals surface area contributed by atoms with Crippen LogP contribution in [0.4, 0.5) is 4.39 Å². The van der Waals surface area contributed by atoms with Gasteiger partial charge in [0.2, 0.25) is 0 Å². The molecule has 0 bridgehead atoms. The predicted molar refractivity (Wildman–Crippen MR) is 280 cm³/mol. The Morgan fingerprint density at radius 1 is 1.00 bits per heavy atom. The van der Waals surface area contributed by atoms with Gasteiger partial charge in [0.25, 0.3) is 0 Å². The number of hydrogen-bond acceptors (Lipinski definition) is 18. The zero-order valence-corrected chi connectivity index (χ0v) is 48.0. The van der Waals surface area contributed by atoms with E-state index in [-0.39, 0.29) is 25.2 Å². The summed E-state index contributed by atoms with van der Waals surface area (Å²) in [6.45, 7) is 18.2. The van der Waals surface area contributed by atoms with Crippen LogP contribution in [0.15, 0.2) is 35.4 Å². The van der Waals surface area contributed by atoms with Gasteiger partial charge in [0.1, 0.15) is 54.6 Å². The SMILES string of the molecule is CC[C@H]1OC(=O)[C@H](C)C([C@H]2C[C@@](C)(OC)[C@@H](O)[C@H](C)O2)[C@H](C)[C@@H](O[C@@H]2O[C@H](C)C[C@H](N(C)CCc3cn([C@H](CF)[C@H](OC)c4ccc([S+]([O-])CCOC)cc4)nn3)[C@H]2O)[C@](C)(O)C[C@@H](C)CN(C)[C@H](C)[C@@H](O)[C@]1(C)O. The highest BCUT2D eigenvalue weighted by atomic mass is 32.2. The van der Waals surface area contributed by atoms with E-state index in [2.05, 4.69) is 10.3 Å². The zero-order valence-electron chi connectivity index (χ0n) is 47.2. The van der Waals surface area contributed by atoms with Crippen LogP contribution in [0.25, 0.3) is 0 Å². The standard InChI is InChI=1S/C54H92FN5O14S/c1-16-43-54(10,66)47(62)35(6)59(12)29-31(2)26-52(8,65)49(33(4)44(34(5)50(64)73-43)42-27-53(9,70-15)48(63)36(7)72-42)74-51-45(61)40(25-32(3)71-51)58(11)22-21-38-30-60(57-56-38)41(28-55)46(69-14)37-17-19-39(20-18-37)75(67)24-23-68-13/h17-20,30-36,40-49,51,61-63,65-66H,16,21-29H2,1-15H3/t31-,32-,33+,34-,35-,36+,40+,41-,42-,43-,44?,45-,46-,47-,48+,49-,51+,52-,53-,54-,75?/m1/s1. The van der Waals surface area contributed by atoms with Crippen LogP contribution in [0, 0.1) is 23.7 Å². The van der Waals surface area contributed by atoms with Gasteiger partial charge in [-0.3, -0.25) is 4.79 Å². The second-order valence-electron chi connectivity index (χ2n) is 22.7. The maximum Gasteiger partial charge on any atom is 0.309 e. The molecule has 5 N–H and O–H groups in total. The molecule has 0 aliphatic carbocycles. The molecule has 21 heteroatoms. The molecular formula is C54H92FN5O14S. The number of rotatable bonds is 18. The lowest BCUT2D eigenvalue weighted by atomic mass is 9.68. The number of cyclic esters (lactones) is 1. The van der Waals surface area contributed by atoms with Gasteiger partial charge in [-0.05, 0) is 116 Å². The number of likely N-dealkylation sites (N-methyl/N-ethyl adjacent to an activating group) is 2. The number of alkyl halides is 1.